The maximum Gasteiger partial charge on any atom is 0.338 e. The summed E-state index contributed by atoms with van der Waals surface area (Å²) in [7, 11) is -0.695. The third-order valence-corrected chi connectivity index (χ3v) is 3.38. The van der Waals surface area contributed by atoms with E-state index in [4.69, 9.17) is 9.05 Å². The lowest BCUT2D eigenvalue weighted by molar-refractivity contribution is -0.159. The smallest absolute Gasteiger partial charge is 0.338 e. The second kappa shape index (κ2) is 6.31. The van der Waals surface area contributed by atoms with E-state index in [1.165, 1.54) is 41.9 Å². The average Bonchev–Trinajstić information content (AvgIpc) is 2.24. The molecular formula is C10H19O7P. The van der Waals surface area contributed by atoms with Crippen LogP contribution in [0.3, 0.4) is 0 Å². The van der Waals surface area contributed by atoms with Gasteiger partial charge >= 0.3 is 20.2 Å². The van der Waals surface area contributed by atoms with Gasteiger partial charge in [0.1, 0.15) is 0 Å². The van der Waals surface area contributed by atoms with Gasteiger partial charge in [-0.3, -0.25) is 13.6 Å². The van der Waals surface area contributed by atoms with Gasteiger partial charge in [-0.15, -0.1) is 0 Å². The van der Waals surface area contributed by atoms with Crippen molar-refractivity contribution in [2.24, 2.45) is 0 Å². The minimum Gasteiger partial charge on any atom is -0.467 e. The molecule has 0 rings (SSSR count). The number of ether oxygens (including phenoxy) is 2. The largest absolute Gasteiger partial charge is 0.467 e. The fourth-order valence-corrected chi connectivity index (χ4v) is 2.05. The Balaban J connectivity index is 4.62. The zero-order valence-corrected chi connectivity index (χ0v) is 12.4. The number of carbonyl (C=O) groups is 2. The standard InChI is InChI=1S/C10H19O7P/c1-9(2,7(11)14-5)16-18(13)17-10(3,4)8(12)15-6/h18H,1-6H3. The summed E-state index contributed by atoms with van der Waals surface area (Å²) >= 11 is 0. The van der Waals surface area contributed by atoms with Crippen LogP contribution in [0.1, 0.15) is 27.7 Å². The quantitative estimate of drug-likeness (QED) is 0.536. The second-order valence-corrected chi connectivity index (χ2v) is 5.37. The molecule has 0 bridgehead atoms. The maximum absolute atomic E-state index is 11.6. The van der Waals surface area contributed by atoms with E-state index in [-0.39, 0.29) is 0 Å². The molecule has 0 amide bonds. The number of carbonyl (C=O) groups excluding carboxylic acids is 2. The van der Waals surface area contributed by atoms with Gasteiger partial charge in [-0.05, 0) is 27.7 Å². The lowest BCUT2D eigenvalue weighted by Gasteiger charge is -2.25. The number of hydrogen-bond donors (Lipinski definition) is 0. The lowest BCUT2D eigenvalue weighted by Crippen LogP contribution is -2.37. The second-order valence-electron chi connectivity index (χ2n) is 4.46. The number of methoxy groups -OCH3 is 2. The molecule has 0 radical (unpaired) electrons. The van der Waals surface area contributed by atoms with Crippen LogP contribution in [0.4, 0.5) is 0 Å². The first-order valence-electron chi connectivity index (χ1n) is 5.15. The van der Waals surface area contributed by atoms with Gasteiger partial charge in [0.25, 0.3) is 0 Å². The van der Waals surface area contributed by atoms with Crippen molar-refractivity contribution in [2.75, 3.05) is 14.2 Å². The highest BCUT2D eigenvalue weighted by molar-refractivity contribution is 7.33. The van der Waals surface area contributed by atoms with Gasteiger partial charge in [0.15, 0.2) is 11.2 Å². The SMILES string of the molecule is COC(=O)C(C)(C)O[PH](=O)OC(C)(C)C(=O)OC. The van der Waals surface area contributed by atoms with Crippen LogP contribution in [-0.4, -0.2) is 37.4 Å². The van der Waals surface area contributed by atoms with Crippen molar-refractivity contribution in [3.05, 3.63) is 0 Å². The Labute approximate surface area is 107 Å². The van der Waals surface area contributed by atoms with Crippen molar-refractivity contribution in [3.63, 3.8) is 0 Å². The van der Waals surface area contributed by atoms with Gasteiger partial charge in [0, 0.05) is 0 Å². The molecular weight excluding hydrogens is 263 g/mol. The van der Waals surface area contributed by atoms with Crippen LogP contribution in [0.2, 0.25) is 0 Å². The molecule has 0 aromatic carbocycles. The molecule has 106 valence electrons. The number of rotatable bonds is 6. The van der Waals surface area contributed by atoms with Crippen molar-refractivity contribution in [1.29, 1.82) is 0 Å². The van der Waals surface area contributed by atoms with Crippen molar-refractivity contribution in [2.45, 2.75) is 38.9 Å². The highest BCUT2D eigenvalue weighted by Crippen LogP contribution is 2.36. The summed E-state index contributed by atoms with van der Waals surface area (Å²) in [5, 5.41) is 0. The molecule has 0 aliphatic heterocycles. The summed E-state index contributed by atoms with van der Waals surface area (Å²) in [6.07, 6.45) is 0. The van der Waals surface area contributed by atoms with Gasteiger partial charge in [-0.25, -0.2) is 9.59 Å². The predicted octanol–water partition coefficient (Wildman–Crippen LogP) is 1.31. The summed E-state index contributed by atoms with van der Waals surface area (Å²) in [6, 6.07) is 0. The number of esters is 2. The van der Waals surface area contributed by atoms with E-state index in [1.807, 2.05) is 0 Å². The van der Waals surface area contributed by atoms with Crippen LogP contribution in [-0.2, 0) is 32.7 Å². The minimum absolute atomic E-state index is 0.694. The van der Waals surface area contributed by atoms with Crippen molar-refractivity contribution in [3.8, 4) is 0 Å². The monoisotopic (exact) mass is 282 g/mol. The van der Waals surface area contributed by atoms with Crippen LogP contribution < -0.4 is 0 Å². The van der Waals surface area contributed by atoms with Crippen LogP contribution in [0.5, 0.6) is 0 Å². The van der Waals surface area contributed by atoms with E-state index in [1.54, 1.807) is 0 Å². The molecule has 0 aromatic heterocycles. The van der Waals surface area contributed by atoms with E-state index in [9.17, 15) is 14.2 Å². The first kappa shape index (κ1) is 17.1. The van der Waals surface area contributed by atoms with Crippen LogP contribution in [0.15, 0.2) is 0 Å². The number of hydrogen-bond acceptors (Lipinski definition) is 7. The molecule has 0 saturated heterocycles. The van der Waals surface area contributed by atoms with Crippen LogP contribution in [0, 0.1) is 0 Å². The minimum atomic E-state index is -3.06. The molecule has 18 heavy (non-hydrogen) atoms. The fraction of sp³-hybridized carbons (Fsp3) is 0.800. The lowest BCUT2D eigenvalue weighted by atomic mass is 10.1. The van der Waals surface area contributed by atoms with Gasteiger partial charge < -0.3 is 9.47 Å². The van der Waals surface area contributed by atoms with E-state index in [0.29, 0.717) is 0 Å². The Morgan fingerprint density at radius 3 is 1.33 bits per heavy atom. The maximum atomic E-state index is 11.6. The molecule has 0 atom stereocenters. The van der Waals surface area contributed by atoms with Crippen molar-refractivity contribution >= 4 is 20.2 Å². The Kier molecular flexibility index (Phi) is 5.99. The van der Waals surface area contributed by atoms with E-state index < -0.39 is 31.4 Å². The summed E-state index contributed by atoms with van der Waals surface area (Å²) in [6.45, 7) is 5.54. The van der Waals surface area contributed by atoms with Crippen molar-refractivity contribution in [1.82, 2.24) is 0 Å². The molecule has 0 unspecified atom stereocenters. The van der Waals surface area contributed by atoms with Crippen LogP contribution in [0.25, 0.3) is 0 Å². The summed E-state index contributed by atoms with van der Waals surface area (Å²) in [4.78, 5) is 22.6. The molecule has 0 heterocycles. The average molecular weight is 282 g/mol. The third-order valence-electron chi connectivity index (χ3n) is 2.03. The zero-order chi connectivity index (χ0) is 14.6. The molecule has 0 fully saturated rings. The van der Waals surface area contributed by atoms with Gasteiger partial charge in [0.05, 0.1) is 14.2 Å². The summed E-state index contributed by atoms with van der Waals surface area (Å²) < 4.78 is 30.5. The highest BCUT2D eigenvalue weighted by Gasteiger charge is 2.37. The fourth-order valence-electron chi connectivity index (χ4n) is 1.01. The molecule has 0 N–H and O–H groups in total. The molecule has 8 heteroatoms. The molecule has 7 nitrogen and oxygen atoms in total. The molecule has 0 aliphatic carbocycles. The van der Waals surface area contributed by atoms with Crippen LogP contribution >= 0.6 is 8.25 Å². The topological polar surface area (TPSA) is 88.1 Å². The molecule has 0 spiro atoms. The van der Waals surface area contributed by atoms with Gasteiger partial charge in [0.2, 0.25) is 0 Å². The predicted molar refractivity (Wildman–Crippen MR) is 63.4 cm³/mol. The Hall–Kier alpha value is -0.910. The first-order chi connectivity index (χ1) is 8.06. The summed E-state index contributed by atoms with van der Waals surface area (Å²) in [5.74, 6) is -1.39. The third kappa shape index (κ3) is 4.76. The van der Waals surface area contributed by atoms with Gasteiger partial charge in [-0.2, -0.15) is 0 Å². The van der Waals surface area contributed by atoms with E-state index >= 15 is 0 Å². The Bertz CT molecular complexity index is 316. The molecule has 0 aromatic rings. The van der Waals surface area contributed by atoms with E-state index in [0.717, 1.165) is 0 Å². The first-order valence-corrected chi connectivity index (χ1v) is 6.38. The van der Waals surface area contributed by atoms with Crippen molar-refractivity contribution < 1.29 is 32.7 Å². The molecule has 0 aliphatic rings. The normalized spacial score (nSPS) is 12.4. The van der Waals surface area contributed by atoms with E-state index in [2.05, 4.69) is 9.47 Å². The zero-order valence-electron chi connectivity index (χ0n) is 11.4. The Morgan fingerprint density at radius 2 is 1.11 bits per heavy atom. The summed E-state index contributed by atoms with van der Waals surface area (Å²) in [5.41, 5.74) is -2.84. The van der Waals surface area contributed by atoms with Gasteiger partial charge in [-0.1, -0.05) is 0 Å². The molecule has 0 saturated carbocycles. The highest BCUT2D eigenvalue weighted by atomic mass is 31.1. The Morgan fingerprint density at radius 1 is 0.833 bits per heavy atom.